The quantitative estimate of drug-likeness (QED) is 0.504. The van der Waals surface area contributed by atoms with Crippen LogP contribution in [0.25, 0.3) is 17.1 Å². The van der Waals surface area contributed by atoms with Gasteiger partial charge in [0.05, 0.1) is 6.61 Å². The summed E-state index contributed by atoms with van der Waals surface area (Å²) in [5.41, 5.74) is 4.65. The van der Waals surface area contributed by atoms with E-state index in [1.807, 2.05) is 31.0 Å². The summed E-state index contributed by atoms with van der Waals surface area (Å²) >= 11 is 0. The Kier molecular flexibility index (Phi) is 5.78. The summed E-state index contributed by atoms with van der Waals surface area (Å²) in [4.78, 5) is 19.7. The Bertz CT molecular complexity index is 883. The fourth-order valence-corrected chi connectivity index (χ4v) is 2.87. The van der Waals surface area contributed by atoms with E-state index in [0.29, 0.717) is 13.1 Å². The molecule has 3 heterocycles. The molecule has 0 spiro atoms. The number of aromatic amines is 1. The van der Waals surface area contributed by atoms with Crippen LogP contribution in [0.2, 0.25) is 0 Å². The number of fused-ring (bicyclic) bond motifs is 1. The SMILES string of the molecule is CCOC(=O)C1=C(NN(CC)CC)O/C(=C\c2c[nH]c3ncccc23)C1O. The smallest absolute Gasteiger partial charge is 0.342 e. The number of aliphatic hydroxyl groups is 1. The third kappa shape index (κ3) is 3.81. The topological polar surface area (TPSA) is 99.7 Å². The molecule has 144 valence electrons. The molecular formula is C19H24N4O4. The molecule has 0 saturated carbocycles. The second-order valence-electron chi connectivity index (χ2n) is 5.94. The minimum atomic E-state index is -1.22. The van der Waals surface area contributed by atoms with Crippen LogP contribution in [0.4, 0.5) is 0 Å². The molecule has 0 aromatic carbocycles. The third-order valence-corrected chi connectivity index (χ3v) is 4.31. The van der Waals surface area contributed by atoms with E-state index in [1.54, 1.807) is 25.4 Å². The number of nitrogens with zero attached hydrogens (tertiary/aromatic N) is 2. The van der Waals surface area contributed by atoms with E-state index in [9.17, 15) is 9.90 Å². The molecule has 8 nitrogen and oxygen atoms in total. The molecule has 3 rings (SSSR count). The zero-order valence-electron chi connectivity index (χ0n) is 15.7. The number of H-pyrrole nitrogens is 1. The van der Waals surface area contributed by atoms with Gasteiger partial charge in [-0.1, -0.05) is 13.8 Å². The fourth-order valence-electron chi connectivity index (χ4n) is 2.87. The van der Waals surface area contributed by atoms with Gasteiger partial charge in [-0.2, -0.15) is 0 Å². The highest BCUT2D eigenvalue weighted by Gasteiger charge is 2.37. The second kappa shape index (κ2) is 8.24. The Balaban J connectivity index is 1.94. The van der Waals surface area contributed by atoms with Crippen molar-refractivity contribution in [1.29, 1.82) is 0 Å². The maximum Gasteiger partial charge on any atom is 0.342 e. The van der Waals surface area contributed by atoms with Crippen LogP contribution in [-0.2, 0) is 14.3 Å². The summed E-state index contributed by atoms with van der Waals surface area (Å²) in [6.45, 7) is 7.27. The van der Waals surface area contributed by atoms with Crippen LogP contribution in [0.1, 0.15) is 26.3 Å². The number of nitrogens with one attached hydrogen (secondary N) is 2. The van der Waals surface area contributed by atoms with Crippen LogP contribution in [0.5, 0.6) is 0 Å². The minimum Gasteiger partial charge on any atom is -0.462 e. The first-order valence-corrected chi connectivity index (χ1v) is 9.01. The molecule has 0 radical (unpaired) electrons. The lowest BCUT2D eigenvalue weighted by Crippen LogP contribution is -2.38. The van der Waals surface area contributed by atoms with Gasteiger partial charge in [-0.25, -0.2) is 14.8 Å². The average Bonchev–Trinajstić information content (AvgIpc) is 3.21. The van der Waals surface area contributed by atoms with Gasteiger partial charge in [0.25, 0.3) is 0 Å². The number of ether oxygens (including phenoxy) is 2. The maximum atomic E-state index is 12.4. The molecule has 2 aromatic rings. The Labute approximate surface area is 157 Å². The first-order valence-electron chi connectivity index (χ1n) is 9.01. The minimum absolute atomic E-state index is 0.0629. The molecule has 0 amide bonds. The highest BCUT2D eigenvalue weighted by Crippen LogP contribution is 2.31. The van der Waals surface area contributed by atoms with Crippen molar-refractivity contribution >= 4 is 23.1 Å². The van der Waals surface area contributed by atoms with Gasteiger partial charge in [-0.15, -0.1) is 0 Å². The highest BCUT2D eigenvalue weighted by molar-refractivity contribution is 5.93. The van der Waals surface area contributed by atoms with Crippen LogP contribution in [0, 0.1) is 0 Å². The highest BCUT2D eigenvalue weighted by atomic mass is 16.5. The monoisotopic (exact) mass is 372 g/mol. The first kappa shape index (κ1) is 18.9. The molecule has 1 aliphatic heterocycles. The summed E-state index contributed by atoms with van der Waals surface area (Å²) in [6, 6.07) is 3.75. The number of carbonyl (C=O) groups excluding carboxylic acids is 1. The molecule has 27 heavy (non-hydrogen) atoms. The van der Waals surface area contributed by atoms with Gasteiger partial charge < -0.3 is 19.6 Å². The third-order valence-electron chi connectivity index (χ3n) is 4.31. The number of carbonyl (C=O) groups is 1. The van der Waals surface area contributed by atoms with Gasteiger partial charge in [0.1, 0.15) is 23.1 Å². The van der Waals surface area contributed by atoms with E-state index >= 15 is 0 Å². The standard InChI is InChI=1S/C19H24N4O4/c1-4-23(5-2)22-18-15(19(25)26-6-3)16(24)14(27-18)10-12-11-21-17-13(12)8-7-9-20-17/h7-11,16,22,24H,4-6H2,1-3H3,(H,20,21)/b14-10-. The Morgan fingerprint density at radius 2 is 2.22 bits per heavy atom. The number of esters is 1. The summed E-state index contributed by atoms with van der Waals surface area (Å²) < 4.78 is 10.9. The van der Waals surface area contributed by atoms with E-state index in [0.717, 1.165) is 16.6 Å². The van der Waals surface area contributed by atoms with Crippen molar-refractivity contribution in [2.75, 3.05) is 19.7 Å². The van der Waals surface area contributed by atoms with Gasteiger partial charge in [0, 0.05) is 36.4 Å². The van der Waals surface area contributed by atoms with Crippen molar-refractivity contribution in [3.05, 3.63) is 47.3 Å². The average molecular weight is 372 g/mol. The number of hydrogen-bond acceptors (Lipinski definition) is 7. The van der Waals surface area contributed by atoms with E-state index in [1.165, 1.54) is 0 Å². The summed E-state index contributed by atoms with van der Waals surface area (Å²) in [7, 11) is 0. The molecule has 0 fully saturated rings. The number of pyridine rings is 1. The van der Waals surface area contributed by atoms with Crippen molar-refractivity contribution < 1.29 is 19.4 Å². The van der Waals surface area contributed by atoms with Crippen molar-refractivity contribution in [1.82, 2.24) is 20.4 Å². The molecule has 0 saturated heterocycles. The zero-order valence-corrected chi connectivity index (χ0v) is 15.7. The normalized spacial score (nSPS) is 18.4. The van der Waals surface area contributed by atoms with Gasteiger partial charge in [0.2, 0.25) is 5.88 Å². The van der Waals surface area contributed by atoms with Crippen LogP contribution in [0.15, 0.2) is 41.7 Å². The molecule has 3 N–H and O–H groups in total. The van der Waals surface area contributed by atoms with Crippen molar-refractivity contribution in [3.63, 3.8) is 0 Å². The molecule has 0 bridgehead atoms. The molecule has 0 aliphatic carbocycles. The fraction of sp³-hybridized carbons (Fsp3) is 0.368. The lowest BCUT2D eigenvalue weighted by Gasteiger charge is -2.21. The number of aromatic nitrogens is 2. The Morgan fingerprint density at radius 1 is 1.44 bits per heavy atom. The van der Waals surface area contributed by atoms with Crippen LogP contribution >= 0.6 is 0 Å². The van der Waals surface area contributed by atoms with Crippen molar-refractivity contribution in [2.24, 2.45) is 0 Å². The van der Waals surface area contributed by atoms with Gasteiger partial charge in [-0.05, 0) is 25.1 Å². The predicted octanol–water partition coefficient (Wildman–Crippen LogP) is 1.92. The number of aliphatic hydroxyl groups excluding tert-OH is 1. The van der Waals surface area contributed by atoms with Crippen molar-refractivity contribution in [2.45, 2.75) is 26.9 Å². The molecule has 8 heteroatoms. The van der Waals surface area contributed by atoms with Crippen LogP contribution < -0.4 is 5.43 Å². The van der Waals surface area contributed by atoms with Crippen LogP contribution in [0.3, 0.4) is 0 Å². The van der Waals surface area contributed by atoms with Gasteiger partial charge >= 0.3 is 5.97 Å². The van der Waals surface area contributed by atoms with Crippen molar-refractivity contribution in [3.8, 4) is 0 Å². The Morgan fingerprint density at radius 3 is 2.93 bits per heavy atom. The number of hydrogen-bond donors (Lipinski definition) is 3. The number of rotatable bonds is 7. The van der Waals surface area contributed by atoms with E-state index < -0.39 is 12.1 Å². The summed E-state index contributed by atoms with van der Waals surface area (Å²) in [5, 5.41) is 13.5. The molecule has 1 aliphatic rings. The molecule has 1 atom stereocenters. The van der Waals surface area contributed by atoms with Gasteiger partial charge in [0.15, 0.2) is 0 Å². The lowest BCUT2D eigenvalue weighted by molar-refractivity contribution is -0.139. The zero-order chi connectivity index (χ0) is 19.4. The molecule has 1 unspecified atom stereocenters. The molecule has 2 aromatic heterocycles. The van der Waals surface area contributed by atoms with E-state index in [-0.39, 0.29) is 23.8 Å². The Hall–Kier alpha value is -2.84. The van der Waals surface area contributed by atoms with E-state index in [4.69, 9.17) is 9.47 Å². The van der Waals surface area contributed by atoms with Crippen LogP contribution in [-0.4, -0.2) is 51.9 Å². The summed E-state index contributed by atoms with van der Waals surface area (Å²) in [6.07, 6.45) is 3.95. The predicted molar refractivity (Wildman–Crippen MR) is 101 cm³/mol. The molecular weight excluding hydrogens is 348 g/mol. The second-order valence-corrected chi connectivity index (χ2v) is 5.94. The number of hydrazine groups is 1. The first-order chi connectivity index (χ1) is 13.1. The summed E-state index contributed by atoms with van der Waals surface area (Å²) in [5.74, 6) is -0.171. The lowest BCUT2D eigenvalue weighted by atomic mass is 10.1. The van der Waals surface area contributed by atoms with Gasteiger partial charge in [-0.3, -0.25) is 5.43 Å². The van der Waals surface area contributed by atoms with E-state index in [2.05, 4.69) is 15.4 Å². The largest absolute Gasteiger partial charge is 0.462 e. The maximum absolute atomic E-state index is 12.4.